The van der Waals surface area contributed by atoms with Crippen molar-refractivity contribution in [2.24, 2.45) is 5.73 Å². The van der Waals surface area contributed by atoms with Gasteiger partial charge in [-0.2, -0.15) is 0 Å². The Morgan fingerprint density at radius 1 is 1.05 bits per heavy atom. The second-order valence-electron chi connectivity index (χ2n) is 4.39. The van der Waals surface area contributed by atoms with Crippen molar-refractivity contribution in [3.63, 3.8) is 0 Å². The Morgan fingerprint density at radius 3 is 2.63 bits per heavy atom. The molecule has 0 aliphatic heterocycles. The van der Waals surface area contributed by atoms with Crippen LogP contribution in [0.4, 0.5) is 0 Å². The van der Waals surface area contributed by atoms with E-state index in [4.69, 9.17) is 14.9 Å². The van der Waals surface area contributed by atoms with Gasteiger partial charge in [-0.25, -0.2) is 0 Å². The Bertz CT molecular complexity index is 716. The summed E-state index contributed by atoms with van der Waals surface area (Å²) in [5.41, 5.74) is 7.85. The van der Waals surface area contributed by atoms with Gasteiger partial charge >= 0.3 is 0 Å². The zero-order chi connectivity index (χ0) is 13.2. The summed E-state index contributed by atoms with van der Waals surface area (Å²) < 4.78 is 10.6. The first-order valence-electron chi connectivity index (χ1n) is 6.16. The molecule has 3 rings (SSSR count). The number of furan rings is 1. The molecule has 2 aromatic carbocycles. The first-order chi connectivity index (χ1) is 9.31. The van der Waals surface area contributed by atoms with E-state index < -0.39 is 0 Å². The third kappa shape index (κ3) is 2.09. The first kappa shape index (κ1) is 11.8. The third-order valence-corrected chi connectivity index (χ3v) is 3.29. The Balaban J connectivity index is 2.12. The molecule has 96 valence electrons. The lowest BCUT2D eigenvalue weighted by molar-refractivity contribution is 0.415. The number of ether oxygens (including phenoxy) is 1. The van der Waals surface area contributed by atoms with Crippen molar-refractivity contribution >= 4 is 10.8 Å². The molecular formula is C16H15NO2. The van der Waals surface area contributed by atoms with E-state index in [1.54, 1.807) is 13.4 Å². The van der Waals surface area contributed by atoms with Crippen molar-refractivity contribution in [3.05, 3.63) is 54.5 Å². The van der Waals surface area contributed by atoms with E-state index in [1.165, 1.54) is 5.39 Å². The monoisotopic (exact) mass is 253 g/mol. The molecule has 3 heteroatoms. The molecule has 0 atom stereocenters. The van der Waals surface area contributed by atoms with Crippen LogP contribution in [0.1, 0.15) is 5.76 Å². The first-order valence-corrected chi connectivity index (χ1v) is 6.16. The molecule has 0 fully saturated rings. The minimum absolute atomic E-state index is 0.406. The third-order valence-electron chi connectivity index (χ3n) is 3.29. The smallest absolute Gasteiger partial charge is 0.125 e. The van der Waals surface area contributed by atoms with E-state index in [9.17, 15) is 0 Å². The molecule has 0 radical (unpaired) electrons. The van der Waals surface area contributed by atoms with Gasteiger partial charge in [0.2, 0.25) is 0 Å². The van der Waals surface area contributed by atoms with Gasteiger partial charge in [-0.3, -0.25) is 0 Å². The molecule has 19 heavy (non-hydrogen) atoms. The predicted molar refractivity (Wildman–Crippen MR) is 76.1 cm³/mol. The maximum absolute atomic E-state index is 5.67. The van der Waals surface area contributed by atoms with E-state index in [1.807, 2.05) is 18.2 Å². The van der Waals surface area contributed by atoms with Crippen LogP contribution in [0.25, 0.3) is 21.9 Å². The molecule has 3 aromatic rings. The molecule has 1 heterocycles. The number of rotatable bonds is 3. The predicted octanol–water partition coefficient (Wildman–Crippen LogP) is 3.57. The van der Waals surface area contributed by atoms with Crippen LogP contribution in [0.2, 0.25) is 0 Å². The highest BCUT2D eigenvalue weighted by atomic mass is 16.5. The van der Waals surface area contributed by atoms with E-state index in [-0.39, 0.29) is 0 Å². The van der Waals surface area contributed by atoms with Gasteiger partial charge in [0.05, 0.1) is 19.9 Å². The lowest BCUT2D eigenvalue weighted by Gasteiger charge is -2.05. The van der Waals surface area contributed by atoms with Gasteiger partial charge in [0.1, 0.15) is 11.5 Å². The summed E-state index contributed by atoms with van der Waals surface area (Å²) in [6.07, 6.45) is 1.68. The van der Waals surface area contributed by atoms with Crippen LogP contribution in [0, 0.1) is 0 Å². The number of hydrogen-bond acceptors (Lipinski definition) is 3. The van der Waals surface area contributed by atoms with Crippen molar-refractivity contribution in [2.45, 2.75) is 6.54 Å². The van der Waals surface area contributed by atoms with Gasteiger partial charge in [0, 0.05) is 5.56 Å². The molecule has 0 bridgehead atoms. The standard InChI is InChI=1S/C16H15NO2/c1-18-14-5-4-11-8-13(3-2-12(11)9-14)15-6-7-19-16(15)10-17/h2-9H,10,17H2,1H3. The highest BCUT2D eigenvalue weighted by Gasteiger charge is 2.08. The molecule has 0 saturated heterocycles. The maximum Gasteiger partial charge on any atom is 0.125 e. The Kier molecular flexibility index (Phi) is 2.97. The lowest BCUT2D eigenvalue weighted by Crippen LogP contribution is -1.95. The van der Waals surface area contributed by atoms with Crippen LogP contribution in [-0.4, -0.2) is 7.11 Å². The van der Waals surface area contributed by atoms with Crippen LogP contribution in [0.15, 0.2) is 53.1 Å². The average molecular weight is 253 g/mol. The molecule has 0 amide bonds. The van der Waals surface area contributed by atoms with Crippen molar-refractivity contribution in [2.75, 3.05) is 7.11 Å². The van der Waals surface area contributed by atoms with Crippen LogP contribution < -0.4 is 10.5 Å². The molecule has 3 nitrogen and oxygen atoms in total. The summed E-state index contributed by atoms with van der Waals surface area (Å²) in [4.78, 5) is 0. The van der Waals surface area contributed by atoms with Gasteiger partial charge in [-0.05, 0) is 40.6 Å². The van der Waals surface area contributed by atoms with Crippen LogP contribution in [-0.2, 0) is 6.54 Å². The zero-order valence-electron chi connectivity index (χ0n) is 10.7. The zero-order valence-corrected chi connectivity index (χ0v) is 10.7. The summed E-state index contributed by atoms with van der Waals surface area (Å²) in [6, 6.07) is 14.3. The van der Waals surface area contributed by atoms with E-state index in [0.29, 0.717) is 6.54 Å². The Labute approximate surface area is 111 Å². The summed E-state index contributed by atoms with van der Waals surface area (Å²) in [6.45, 7) is 0.406. The number of fused-ring (bicyclic) bond motifs is 1. The van der Waals surface area contributed by atoms with Crippen molar-refractivity contribution in [3.8, 4) is 16.9 Å². The van der Waals surface area contributed by atoms with Crippen LogP contribution in [0.5, 0.6) is 5.75 Å². The van der Waals surface area contributed by atoms with Crippen molar-refractivity contribution in [1.82, 2.24) is 0 Å². The number of hydrogen-bond donors (Lipinski definition) is 1. The SMILES string of the molecule is COc1ccc2cc(-c3ccoc3CN)ccc2c1. The van der Waals surface area contributed by atoms with E-state index in [2.05, 4.69) is 24.3 Å². The highest BCUT2D eigenvalue weighted by molar-refractivity contribution is 5.88. The molecular weight excluding hydrogens is 238 g/mol. The van der Waals surface area contributed by atoms with Gasteiger partial charge < -0.3 is 14.9 Å². The van der Waals surface area contributed by atoms with Gasteiger partial charge in [-0.1, -0.05) is 18.2 Å². The number of methoxy groups -OCH3 is 1. The second-order valence-corrected chi connectivity index (χ2v) is 4.39. The minimum Gasteiger partial charge on any atom is -0.497 e. The van der Waals surface area contributed by atoms with E-state index >= 15 is 0 Å². The molecule has 0 saturated carbocycles. The average Bonchev–Trinajstić information content (AvgIpc) is 2.94. The summed E-state index contributed by atoms with van der Waals surface area (Å²) in [7, 11) is 1.68. The molecule has 1 aromatic heterocycles. The van der Waals surface area contributed by atoms with E-state index in [0.717, 1.165) is 28.0 Å². The Morgan fingerprint density at radius 2 is 1.84 bits per heavy atom. The number of nitrogens with two attached hydrogens (primary N) is 1. The molecule has 0 unspecified atom stereocenters. The molecule has 0 aliphatic rings. The van der Waals surface area contributed by atoms with Crippen LogP contribution in [0.3, 0.4) is 0 Å². The quantitative estimate of drug-likeness (QED) is 0.776. The minimum atomic E-state index is 0.406. The Hall–Kier alpha value is -2.26. The maximum atomic E-state index is 5.67. The summed E-state index contributed by atoms with van der Waals surface area (Å²) in [5.74, 6) is 1.68. The van der Waals surface area contributed by atoms with Gasteiger partial charge in [0.25, 0.3) is 0 Å². The fourth-order valence-electron chi connectivity index (χ4n) is 2.27. The topological polar surface area (TPSA) is 48.4 Å². The molecule has 2 N–H and O–H groups in total. The van der Waals surface area contributed by atoms with Crippen molar-refractivity contribution in [1.29, 1.82) is 0 Å². The largest absolute Gasteiger partial charge is 0.497 e. The van der Waals surface area contributed by atoms with Gasteiger partial charge in [0.15, 0.2) is 0 Å². The number of benzene rings is 2. The highest BCUT2D eigenvalue weighted by Crippen LogP contribution is 2.29. The second kappa shape index (κ2) is 4.78. The lowest BCUT2D eigenvalue weighted by atomic mass is 10.0. The fraction of sp³-hybridized carbons (Fsp3) is 0.125. The summed E-state index contributed by atoms with van der Waals surface area (Å²) >= 11 is 0. The summed E-state index contributed by atoms with van der Waals surface area (Å²) in [5, 5.41) is 2.32. The fourth-order valence-corrected chi connectivity index (χ4v) is 2.27. The molecule has 0 spiro atoms. The van der Waals surface area contributed by atoms with Crippen LogP contribution >= 0.6 is 0 Å². The van der Waals surface area contributed by atoms with Gasteiger partial charge in [-0.15, -0.1) is 0 Å². The normalized spacial score (nSPS) is 10.8. The van der Waals surface area contributed by atoms with Crippen molar-refractivity contribution < 1.29 is 9.15 Å². The molecule has 0 aliphatic carbocycles.